The first-order valence-electron chi connectivity index (χ1n) is 6.33. The van der Waals surface area contributed by atoms with E-state index in [4.69, 9.17) is 5.73 Å². The van der Waals surface area contributed by atoms with Crippen molar-refractivity contribution in [3.63, 3.8) is 0 Å². The Kier molecular flexibility index (Phi) is 3.32. The molecule has 0 saturated heterocycles. The van der Waals surface area contributed by atoms with Crippen LogP contribution >= 0.6 is 15.9 Å². The summed E-state index contributed by atoms with van der Waals surface area (Å²) >= 11 is 3.49. The number of benzene rings is 2. The number of rotatable bonds is 2. The van der Waals surface area contributed by atoms with Crippen molar-refractivity contribution in [1.82, 2.24) is 9.78 Å². The Morgan fingerprint density at radius 3 is 2.50 bits per heavy atom. The Morgan fingerprint density at radius 2 is 1.80 bits per heavy atom. The minimum absolute atomic E-state index is 0.672. The van der Waals surface area contributed by atoms with E-state index in [0.717, 1.165) is 27.0 Å². The van der Waals surface area contributed by atoms with Crippen LogP contribution in [-0.4, -0.2) is 9.78 Å². The van der Waals surface area contributed by atoms with Gasteiger partial charge in [-0.05, 0) is 31.2 Å². The second kappa shape index (κ2) is 5.13. The van der Waals surface area contributed by atoms with Crippen molar-refractivity contribution in [2.45, 2.75) is 6.92 Å². The van der Waals surface area contributed by atoms with E-state index in [1.807, 2.05) is 61.5 Å². The van der Waals surface area contributed by atoms with Crippen LogP contribution in [0.25, 0.3) is 16.9 Å². The molecule has 3 aromatic rings. The predicted molar refractivity (Wildman–Crippen MR) is 85.8 cm³/mol. The summed E-state index contributed by atoms with van der Waals surface area (Å²) in [4.78, 5) is 0. The maximum Gasteiger partial charge on any atom is 0.130 e. The molecule has 0 saturated carbocycles. The smallest absolute Gasteiger partial charge is 0.130 e. The molecule has 3 rings (SSSR count). The molecule has 2 aromatic carbocycles. The highest BCUT2D eigenvalue weighted by Crippen LogP contribution is 2.29. The zero-order chi connectivity index (χ0) is 14.1. The van der Waals surface area contributed by atoms with E-state index in [1.54, 1.807) is 4.68 Å². The molecule has 100 valence electrons. The zero-order valence-electron chi connectivity index (χ0n) is 11.0. The van der Waals surface area contributed by atoms with Gasteiger partial charge in [0.2, 0.25) is 0 Å². The lowest BCUT2D eigenvalue weighted by atomic mass is 10.1. The summed E-state index contributed by atoms with van der Waals surface area (Å²) in [6.45, 7) is 2.00. The van der Waals surface area contributed by atoms with Crippen LogP contribution in [0.3, 0.4) is 0 Å². The third-order valence-electron chi connectivity index (χ3n) is 3.27. The Hall–Kier alpha value is -2.07. The quantitative estimate of drug-likeness (QED) is 0.766. The number of nitrogen functional groups attached to an aromatic ring is 1. The van der Waals surface area contributed by atoms with Gasteiger partial charge in [0.25, 0.3) is 0 Å². The molecule has 0 fully saturated rings. The fraction of sp³-hybridized carbons (Fsp3) is 0.0625. The van der Waals surface area contributed by atoms with E-state index in [9.17, 15) is 0 Å². The van der Waals surface area contributed by atoms with Crippen molar-refractivity contribution in [3.05, 3.63) is 64.6 Å². The Bertz CT molecular complexity index is 748. The molecule has 0 radical (unpaired) electrons. The maximum absolute atomic E-state index is 6.20. The second-order valence-corrected chi connectivity index (χ2v) is 5.53. The molecule has 4 heteroatoms. The van der Waals surface area contributed by atoms with E-state index in [1.165, 1.54) is 0 Å². The summed E-state index contributed by atoms with van der Waals surface area (Å²) < 4.78 is 2.81. The number of aromatic nitrogens is 2. The molecular formula is C16H14BrN3. The van der Waals surface area contributed by atoms with Crippen molar-refractivity contribution < 1.29 is 0 Å². The fourth-order valence-corrected chi connectivity index (χ4v) is 2.58. The fourth-order valence-electron chi connectivity index (χ4n) is 2.19. The van der Waals surface area contributed by atoms with Gasteiger partial charge in [-0.25, -0.2) is 4.68 Å². The summed E-state index contributed by atoms with van der Waals surface area (Å²) in [6, 6.07) is 18.0. The largest absolute Gasteiger partial charge is 0.383 e. The number of nitrogens with zero attached hydrogens (tertiary/aromatic N) is 2. The first-order chi connectivity index (χ1) is 9.66. The monoisotopic (exact) mass is 327 g/mol. The zero-order valence-corrected chi connectivity index (χ0v) is 12.6. The van der Waals surface area contributed by atoms with Gasteiger partial charge in [0.15, 0.2) is 0 Å². The van der Waals surface area contributed by atoms with Crippen LogP contribution in [0.1, 0.15) is 5.56 Å². The molecule has 2 N–H and O–H groups in total. The van der Waals surface area contributed by atoms with Gasteiger partial charge in [-0.2, -0.15) is 5.10 Å². The average molecular weight is 328 g/mol. The molecule has 1 heterocycles. The van der Waals surface area contributed by atoms with Gasteiger partial charge < -0.3 is 5.73 Å². The van der Waals surface area contributed by atoms with Gasteiger partial charge in [-0.15, -0.1) is 0 Å². The number of hydrogen-bond acceptors (Lipinski definition) is 2. The van der Waals surface area contributed by atoms with Crippen LogP contribution in [0.5, 0.6) is 0 Å². The molecule has 0 aliphatic heterocycles. The van der Waals surface area contributed by atoms with Crippen molar-refractivity contribution in [1.29, 1.82) is 0 Å². The summed E-state index contributed by atoms with van der Waals surface area (Å²) in [5.74, 6) is 0.672. The normalized spacial score (nSPS) is 10.7. The van der Waals surface area contributed by atoms with Gasteiger partial charge in [0.1, 0.15) is 5.82 Å². The number of hydrogen-bond donors (Lipinski definition) is 1. The molecule has 20 heavy (non-hydrogen) atoms. The Morgan fingerprint density at radius 1 is 1.05 bits per heavy atom. The summed E-state index contributed by atoms with van der Waals surface area (Å²) in [5.41, 5.74) is 10.1. The minimum Gasteiger partial charge on any atom is -0.383 e. The predicted octanol–water partition coefficient (Wildman–Crippen LogP) is 4.19. The van der Waals surface area contributed by atoms with E-state index in [-0.39, 0.29) is 0 Å². The highest BCUT2D eigenvalue weighted by molar-refractivity contribution is 9.10. The van der Waals surface area contributed by atoms with Crippen LogP contribution in [0, 0.1) is 6.92 Å². The second-order valence-electron chi connectivity index (χ2n) is 4.62. The third-order valence-corrected chi connectivity index (χ3v) is 3.76. The number of halogens is 1. The molecule has 0 amide bonds. The van der Waals surface area contributed by atoms with Crippen LogP contribution in [0.2, 0.25) is 0 Å². The van der Waals surface area contributed by atoms with E-state index in [0.29, 0.717) is 5.82 Å². The van der Waals surface area contributed by atoms with Crippen molar-refractivity contribution in [2.24, 2.45) is 0 Å². The van der Waals surface area contributed by atoms with Gasteiger partial charge in [0.05, 0.1) is 11.4 Å². The topological polar surface area (TPSA) is 43.8 Å². The van der Waals surface area contributed by atoms with Crippen LogP contribution in [0.4, 0.5) is 5.82 Å². The van der Waals surface area contributed by atoms with Crippen LogP contribution in [0.15, 0.2) is 59.1 Å². The van der Waals surface area contributed by atoms with Crippen molar-refractivity contribution in [2.75, 3.05) is 5.73 Å². The molecule has 0 aliphatic rings. The summed E-state index contributed by atoms with van der Waals surface area (Å²) in [7, 11) is 0. The van der Waals surface area contributed by atoms with Gasteiger partial charge in [0, 0.05) is 15.6 Å². The highest BCUT2D eigenvalue weighted by atomic mass is 79.9. The van der Waals surface area contributed by atoms with Crippen LogP contribution in [-0.2, 0) is 0 Å². The Labute approximate surface area is 126 Å². The summed E-state index contributed by atoms with van der Waals surface area (Å²) in [6.07, 6.45) is 0. The van der Waals surface area contributed by atoms with Gasteiger partial charge >= 0.3 is 0 Å². The number of anilines is 1. The van der Waals surface area contributed by atoms with Crippen LogP contribution < -0.4 is 5.73 Å². The van der Waals surface area contributed by atoms with Crippen molar-refractivity contribution >= 4 is 21.7 Å². The molecule has 0 unspecified atom stereocenters. The molecule has 1 aromatic heterocycles. The van der Waals surface area contributed by atoms with Crippen molar-refractivity contribution in [3.8, 4) is 16.9 Å². The first-order valence-corrected chi connectivity index (χ1v) is 7.12. The highest BCUT2D eigenvalue weighted by Gasteiger charge is 2.14. The Balaban J connectivity index is 2.16. The average Bonchev–Trinajstić information content (AvgIpc) is 2.76. The molecule has 0 bridgehead atoms. The molecule has 3 nitrogen and oxygen atoms in total. The minimum atomic E-state index is 0.672. The van der Waals surface area contributed by atoms with Gasteiger partial charge in [-0.1, -0.05) is 46.3 Å². The number of nitrogens with two attached hydrogens (primary N) is 1. The lowest BCUT2D eigenvalue weighted by Crippen LogP contribution is -2.01. The molecule has 0 atom stereocenters. The lowest BCUT2D eigenvalue weighted by molar-refractivity contribution is 0.895. The summed E-state index contributed by atoms with van der Waals surface area (Å²) in [5, 5.41) is 4.66. The first kappa shape index (κ1) is 12.9. The maximum atomic E-state index is 6.20. The standard InChI is InChI=1S/C16H14BrN3/c1-11-15(12-6-5-7-13(17)10-12)19-20(16(11)18)14-8-3-2-4-9-14/h2-10H,18H2,1H3. The SMILES string of the molecule is Cc1c(-c2cccc(Br)c2)nn(-c2ccccc2)c1N. The van der Waals surface area contributed by atoms with E-state index >= 15 is 0 Å². The third kappa shape index (κ3) is 2.23. The van der Waals surface area contributed by atoms with E-state index < -0.39 is 0 Å². The number of para-hydroxylation sites is 1. The molecule has 0 aliphatic carbocycles. The van der Waals surface area contributed by atoms with Gasteiger partial charge in [-0.3, -0.25) is 0 Å². The van der Waals surface area contributed by atoms with E-state index in [2.05, 4.69) is 21.0 Å². The molecule has 0 spiro atoms. The molecular weight excluding hydrogens is 314 g/mol. The lowest BCUT2D eigenvalue weighted by Gasteiger charge is -2.02.